The van der Waals surface area contributed by atoms with Crippen LogP contribution in [0.2, 0.25) is 0 Å². The van der Waals surface area contributed by atoms with E-state index >= 15 is 0 Å². The number of nitrogens with zero attached hydrogens (tertiary/aromatic N) is 1. The van der Waals surface area contributed by atoms with Crippen molar-refractivity contribution in [3.63, 3.8) is 0 Å². The number of sulfonamides is 1. The molecule has 7 heteroatoms. The molecular formula is C39H58N2O4S. The summed E-state index contributed by atoms with van der Waals surface area (Å²) >= 11 is 0. The molecule has 6 rings (SSSR count). The molecule has 254 valence electrons. The van der Waals surface area contributed by atoms with Crippen molar-refractivity contribution in [1.29, 1.82) is 0 Å². The minimum atomic E-state index is -3.39. The second kappa shape index (κ2) is 13.2. The van der Waals surface area contributed by atoms with Crippen molar-refractivity contribution >= 4 is 15.8 Å². The van der Waals surface area contributed by atoms with Crippen LogP contribution in [0.3, 0.4) is 0 Å². The molecule has 1 aromatic rings. The van der Waals surface area contributed by atoms with Crippen molar-refractivity contribution < 1.29 is 18.3 Å². The fourth-order valence-electron chi connectivity index (χ4n) is 10.8. The van der Waals surface area contributed by atoms with Gasteiger partial charge in [-0.05, 0) is 117 Å². The maximum absolute atomic E-state index is 12.9. The molecule has 9 atom stereocenters. The Kier molecular flexibility index (Phi) is 9.82. The van der Waals surface area contributed by atoms with Crippen LogP contribution in [0.5, 0.6) is 0 Å². The number of nitrogens with one attached hydrogen (secondary N) is 1. The molecule has 2 saturated carbocycles. The van der Waals surface area contributed by atoms with Gasteiger partial charge in [0.1, 0.15) is 0 Å². The maximum Gasteiger partial charge on any atom is 0.211 e. The van der Waals surface area contributed by atoms with Crippen molar-refractivity contribution in [2.24, 2.45) is 40.4 Å². The highest BCUT2D eigenvalue weighted by Gasteiger charge is 2.55. The number of aryl methyl sites for hydroxylation is 1. The van der Waals surface area contributed by atoms with Crippen LogP contribution in [-0.2, 0) is 21.2 Å². The first kappa shape index (κ1) is 34.1. The third kappa shape index (κ3) is 6.73. The first-order chi connectivity index (χ1) is 21.8. The smallest absolute Gasteiger partial charge is 0.211 e. The molecule has 5 aliphatic rings. The zero-order chi connectivity index (χ0) is 32.9. The number of ketones is 1. The largest absolute Gasteiger partial charge is 0.391 e. The summed E-state index contributed by atoms with van der Waals surface area (Å²) in [7, 11) is -3.39. The van der Waals surface area contributed by atoms with Gasteiger partial charge in [-0.3, -0.25) is 9.69 Å². The lowest BCUT2D eigenvalue weighted by atomic mass is 9.56. The highest BCUT2D eigenvalue weighted by molar-refractivity contribution is 7.89. The predicted molar refractivity (Wildman–Crippen MR) is 186 cm³/mol. The lowest BCUT2D eigenvalue weighted by Crippen LogP contribution is -2.58. The fourth-order valence-corrected chi connectivity index (χ4v) is 11.9. The molecular weight excluding hydrogens is 593 g/mol. The van der Waals surface area contributed by atoms with E-state index in [0.717, 1.165) is 44.2 Å². The number of likely N-dealkylation sites (tertiary alicyclic amines) is 1. The first-order valence-electron chi connectivity index (χ1n) is 18.2. The monoisotopic (exact) mass is 650 g/mol. The van der Waals surface area contributed by atoms with Gasteiger partial charge in [-0.25, -0.2) is 13.1 Å². The van der Waals surface area contributed by atoms with E-state index in [1.54, 1.807) is 11.1 Å². The van der Waals surface area contributed by atoms with Gasteiger partial charge in [0.15, 0.2) is 5.78 Å². The Bertz CT molecular complexity index is 1450. The Morgan fingerprint density at radius 1 is 1.11 bits per heavy atom. The third-order valence-corrected chi connectivity index (χ3v) is 14.9. The molecule has 2 N–H and O–H groups in total. The molecule has 4 unspecified atom stereocenters. The second-order valence-electron chi connectivity index (χ2n) is 16.5. The SMILES string of the molecule is CC1=C2C[C@H]3C(CCC4=CC(=O)CCC43C)[C@@H]2CCC(C)([C@H](C)[C@H]2C(O)C[C@H](C)CN2CCNS(=O)(=O)CCc2ccccc2)C1. The van der Waals surface area contributed by atoms with Crippen LogP contribution < -0.4 is 4.72 Å². The third-order valence-electron chi connectivity index (χ3n) is 13.5. The number of aliphatic hydroxyl groups is 1. The summed E-state index contributed by atoms with van der Waals surface area (Å²) in [6.07, 6.45) is 11.5. The van der Waals surface area contributed by atoms with Crippen LogP contribution in [0.4, 0.5) is 0 Å². The molecule has 3 fully saturated rings. The van der Waals surface area contributed by atoms with E-state index in [1.807, 2.05) is 36.4 Å². The Morgan fingerprint density at radius 3 is 2.63 bits per heavy atom. The molecule has 1 saturated heterocycles. The number of benzene rings is 1. The summed E-state index contributed by atoms with van der Waals surface area (Å²) in [5.41, 5.74) is 5.99. The number of allylic oxidation sites excluding steroid dienone is 4. The van der Waals surface area contributed by atoms with Crippen LogP contribution >= 0.6 is 0 Å². The Morgan fingerprint density at radius 2 is 1.87 bits per heavy atom. The quantitative estimate of drug-likeness (QED) is 0.291. The van der Waals surface area contributed by atoms with Gasteiger partial charge in [0.05, 0.1) is 11.9 Å². The summed E-state index contributed by atoms with van der Waals surface area (Å²) < 4.78 is 28.6. The van der Waals surface area contributed by atoms with Crippen molar-refractivity contribution in [3.05, 3.63) is 58.7 Å². The van der Waals surface area contributed by atoms with Crippen molar-refractivity contribution in [1.82, 2.24) is 9.62 Å². The molecule has 0 bridgehead atoms. The lowest BCUT2D eigenvalue weighted by molar-refractivity contribution is -0.116. The van der Waals surface area contributed by atoms with Crippen LogP contribution in [0.15, 0.2) is 53.1 Å². The number of fused-ring (bicyclic) bond motifs is 5. The maximum atomic E-state index is 12.9. The van der Waals surface area contributed by atoms with Gasteiger partial charge < -0.3 is 5.11 Å². The molecule has 4 aliphatic carbocycles. The molecule has 0 radical (unpaired) electrons. The Balaban J connectivity index is 1.14. The average Bonchev–Trinajstić information content (AvgIpc) is 3.34. The van der Waals surface area contributed by atoms with Gasteiger partial charge in [-0.1, -0.05) is 74.7 Å². The number of carbonyl (C=O) groups excluding carboxylic acids is 1. The molecule has 6 nitrogen and oxygen atoms in total. The second-order valence-corrected chi connectivity index (χ2v) is 18.4. The molecule has 46 heavy (non-hydrogen) atoms. The van der Waals surface area contributed by atoms with E-state index in [1.165, 1.54) is 24.8 Å². The summed E-state index contributed by atoms with van der Waals surface area (Å²) in [5.74, 6) is 3.07. The van der Waals surface area contributed by atoms with Crippen LogP contribution in [0.25, 0.3) is 0 Å². The minimum Gasteiger partial charge on any atom is -0.391 e. The molecule has 1 aromatic carbocycles. The van der Waals surface area contributed by atoms with Gasteiger partial charge in [-0.2, -0.15) is 0 Å². The van der Waals surface area contributed by atoms with E-state index in [-0.39, 0.29) is 28.5 Å². The Hall–Kier alpha value is -1.80. The van der Waals surface area contributed by atoms with E-state index in [0.29, 0.717) is 55.4 Å². The van der Waals surface area contributed by atoms with E-state index in [9.17, 15) is 18.3 Å². The molecule has 1 aliphatic heterocycles. The normalized spacial score (nSPS) is 37.6. The van der Waals surface area contributed by atoms with Gasteiger partial charge in [0, 0.05) is 32.1 Å². The number of piperidine rings is 1. The zero-order valence-electron chi connectivity index (χ0n) is 28.9. The highest BCUT2D eigenvalue weighted by Crippen LogP contribution is 2.64. The molecule has 1 heterocycles. The number of aliphatic hydroxyl groups excluding tert-OH is 1. The first-order valence-corrected chi connectivity index (χ1v) is 19.8. The van der Waals surface area contributed by atoms with Crippen LogP contribution in [-0.4, -0.2) is 61.7 Å². The fraction of sp³-hybridized carbons (Fsp3) is 0.718. The number of hydrogen-bond donors (Lipinski definition) is 2. The summed E-state index contributed by atoms with van der Waals surface area (Å²) in [5, 5.41) is 11.6. The number of hydrogen-bond acceptors (Lipinski definition) is 5. The predicted octanol–water partition coefficient (Wildman–Crippen LogP) is 6.70. The van der Waals surface area contributed by atoms with Gasteiger partial charge in [0.2, 0.25) is 10.0 Å². The number of rotatable bonds is 9. The van der Waals surface area contributed by atoms with E-state index < -0.39 is 16.1 Å². The van der Waals surface area contributed by atoms with Crippen LogP contribution in [0.1, 0.15) is 98.0 Å². The van der Waals surface area contributed by atoms with E-state index in [4.69, 9.17) is 0 Å². The van der Waals surface area contributed by atoms with Crippen molar-refractivity contribution in [2.75, 3.05) is 25.4 Å². The summed E-state index contributed by atoms with van der Waals surface area (Å²) in [6, 6.07) is 9.79. The summed E-state index contributed by atoms with van der Waals surface area (Å²) in [4.78, 5) is 14.7. The highest BCUT2D eigenvalue weighted by atomic mass is 32.2. The number of carbonyl (C=O) groups is 1. The van der Waals surface area contributed by atoms with Crippen molar-refractivity contribution in [3.8, 4) is 0 Å². The zero-order valence-corrected chi connectivity index (χ0v) is 29.7. The summed E-state index contributed by atoms with van der Waals surface area (Å²) in [6.45, 7) is 13.7. The van der Waals surface area contributed by atoms with E-state index in [2.05, 4.69) is 44.2 Å². The lowest BCUT2D eigenvalue weighted by Gasteiger charge is -2.50. The topological polar surface area (TPSA) is 86.7 Å². The van der Waals surface area contributed by atoms with Gasteiger partial charge in [0.25, 0.3) is 0 Å². The van der Waals surface area contributed by atoms with Gasteiger partial charge >= 0.3 is 0 Å². The van der Waals surface area contributed by atoms with Gasteiger partial charge in [-0.15, -0.1) is 0 Å². The molecule has 0 spiro atoms. The Labute approximate surface area is 278 Å². The molecule has 0 aromatic heterocycles. The van der Waals surface area contributed by atoms with Crippen molar-refractivity contribution in [2.45, 2.75) is 111 Å². The van der Waals surface area contributed by atoms with Crippen LogP contribution in [0, 0.1) is 40.4 Å². The molecule has 0 amide bonds. The standard InChI is InChI=1S/C39H58N2O4S/c1-26-21-36(43)37(41(25-26)19-18-40-46(44,45)20-15-29-9-7-6-8-10-29)28(3)38(4)16-14-32-33-12-11-30-22-31(42)13-17-39(30,5)35(33)23-34(32)27(2)24-38/h6-10,22,26,28,32-33,35-37,40,43H,11-21,23-25H2,1-5H3/t26-,28+,32-,33?,35-,36?,37-,38?,39?/m0/s1. The average molecular weight is 651 g/mol. The minimum absolute atomic E-state index is 0.0135.